The normalized spacial score (nSPS) is 12.1. The first kappa shape index (κ1) is 12.7. The Labute approximate surface area is 97.7 Å². The molecule has 0 aliphatic carbocycles. The Kier molecular flexibility index (Phi) is 4.49. The van der Waals surface area contributed by atoms with Gasteiger partial charge in [0.2, 0.25) is 0 Å². The average Bonchev–Trinajstić information content (AvgIpc) is 2.21. The Hall–Kier alpha value is -1.36. The molecule has 1 aromatic carbocycles. The van der Waals surface area contributed by atoms with Crippen molar-refractivity contribution in [2.75, 3.05) is 24.3 Å². The van der Waals surface area contributed by atoms with E-state index in [9.17, 15) is 9.00 Å². The molecule has 0 fully saturated rings. The van der Waals surface area contributed by atoms with Crippen molar-refractivity contribution in [3.63, 3.8) is 0 Å². The van der Waals surface area contributed by atoms with Gasteiger partial charge in [-0.05, 0) is 19.1 Å². The van der Waals surface area contributed by atoms with Gasteiger partial charge in [0.1, 0.15) is 0 Å². The molecule has 16 heavy (non-hydrogen) atoms. The molecule has 0 spiro atoms. The quantitative estimate of drug-likeness (QED) is 0.760. The first-order valence-electron chi connectivity index (χ1n) is 4.95. The summed E-state index contributed by atoms with van der Waals surface area (Å²) in [7, 11) is -0.894. The van der Waals surface area contributed by atoms with Gasteiger partial charge in [0, 0.05) is 35.0 Å². The minimum atomic E-state index is -0.894. The maximum Gasteiger partial charge on any atom is 0.253 e. The fourth-order valence-corrected chi connectivity index (χ4v) is 1.66. The second kappa shape index (κ2) is 5.65. The van der Waals surface area contributed by atoms with E-state index in [-0.39, 0.29) is 5.91 Å². The lowest BCUT2D eigenvalue weighted by Gasteiger charge is -2.07. The molecule has 4 nitrogen and oxygen atoms in total. The van der Waals surface area contributed by atoms with Crippen molar-refractivity contribution < 1.29 is 9.00 Å². The van der Waals surface area contributed by atoms with E-state index in [1.165, 1.54) is 0 Å². The molecule has 1 amide bonds. The molecule has 0 aliphatic heterocycles. The van der Waals surface area contributed by atoms with E-state index >= 15 is 0 Å². The third-order valence-corrected chi connectivity index (χ3v) is 2.91. The van der Waals surface area contributed by atoms with Gasteiger partial charge in [-0.3, -0.25) is 9.00 Å². The summed E-state index contributed by atoms with van der Waals surface area (Å²) in [5.74, 6) is 0.240. The fourth-order valence-electron chi connectivity index (χ4n) is 1.27. The summed E-state index contributed by atoms with van der Waals surface area (Å²) in [6.45, 7) is 2.30. The molecule has 1 rings (SSSR count). The zero-order chi connectivity index (χ0) is 12.1. The second-order valence-electron chi connectivity index (χ2n) is 3.62. The molecule has 5 heteroatoms. The van der Waals surface area contributed by atoms with Gasteiger partial charge in [0.05, 0.1) is 5.56 Å². The molecule has 0 aliphatic rings. The zero-order valence-electron chi connectivity index (χ0n) is 9.45. The van der Waals surface area contributed by atoms with Crippen molar-refractivity contribution >= 4 is 22.4 Å². The molecule has 1 unspecified atom stereocenters. The van der Waals surface area contributed by atoms with Gasteiger partial charge in [-0.15, -0.1) is 0 Å². The highest BCUT2D eigenvalue weighted by molar-refractivity contribution is 7.84. The number of carbonyl (C=O) groups excluding carboxylic acids is 1. The van der Waals surface area contributed by atoms with E-state index in [1.54, 1.807) is 18.4 Å². The van der Waals surface area contributed by atoms with Crippen molar-refractivity contribution in [3.05, 3.63) is 29.3 Å². The van der Waals surface area contributed by atoms with Crippen molar-refractivity contribution in [1.82, 2.24) is 5.32 Å². The smallest absolute Gasteiger partial charge is 0.253 e. The number of hydrogen-bond acceptors (Lipinski definition) is 3. The van der Waals surface area contributed by atoms with Crippen LogP contribution in [0.15, 0.2) is 18.2 Å². The number of hydrogen-bond donors (Lipinski definition) is 2. The summed E-state index contributed by atoms with van der Waals surface area (Å²) in [6, 6.07) is 5.31. The largest absolute Gasteiger partial charge is 0.398 e. The van der Waals surface area contributed by atoms with E-state index < -0.39 is 10.8 Å². The van der Waals surface area contributed by atoms with E-state index in [0.717, 1.165) is 5.56 Å². The highest BCUT2D eigenvalue weighted by Crippen LogP contribution is 2.13. The predicted molar refractivity (Wildman–Crippen MR) is 66.9 cm³/mol. The van der Waals surface area contributed by atoms with Gasteiger partial charge in [0.15, 0.2) is 0 Å². The minimum absolute atomic E-state index is 0.216. The first-order valence-corrected chi connectivity index (χ1v) is 6.68. The number of anilines is 1. The van der Waals surface area contributed by atoms with Crippen LogP contribution < -0.4 is 11.1 Å². The SMILES string of the molecule is Cc1ccc(N)c(C(=O)NCCS(C)=O)c1. The molecule has 0 saturated heterocycles. The fraction of sp³-hybridized carbons (Fsp3) is 0.364. The van der Waals surface area contributed by atoms with Crippen LogP contribution in [0.5, 0.6) is 0 Å². The highest BCUT2D eigenvalue weighted by atomic mass is 32.2. The molecule has 1 aromatic rings. The van der Waals surface area contributed by atoms with Crippen LogP contribution in [-0.4, -0.2) is 28.7 Å². The molecule has 0 bridgehead atoms. The average molecular weight is 240 g/mol. The Balaban J connectivity index is 2.65. The number of carbonyl (C=O) groups is 1. The highest BCUT2D eigenvalue weighted by Gasteiger charge is 2.09. The van der Waals surface area contributed by atoms with Gasteiger partial charge >= 0.3 is 0 Å². The van der Waals surface area contributed by atoms with Crippen molar-refractivity contribution in [1.29, 1.82) is 0 Å². The zero-order valence-corrected chi connectivity index (χ0v) is 10.3. The number of aryl methyl sites for hydroxylation is 1. The third-order valence-electron chi connectivity index (χ3n) is 2.13. The van der Waals surface area contributed by atoms with Crippen LogP contribution in [0.2, 0.25) is 0 Å². The Morgan fingerprint density at radius 1 is 1.50 bits per heavy atom. The molecule has 1 atom stereocenters. The van der Waals surface area contributed by atoms with E-state index in [4.69, 9.17) is 5.73 Å². The number of nitrogens with two attached hydrogens (primary N) is 1. The summed E-state index contributed by atoms with van der Waals surface area (Å²) >= 11 is 0. The number of benzene rings is 1. The molecule has 0 radical (unpaired) electrons. The second-order valence-corrected chi connectivity index (χ2v) is 5.18. The van der Waals surface area contributed by atoms with Gasteiger partial charge in [0.25, 0.3) is 5.91 Å². The van der Waals surface area contributed by atoms with Crippen LogP contribution in [0, 0.1) is 6.92 Å². The summed E-state index contributed by atoms with van der Waals surface area (Å²) in [5.41, 5.74) is 7.62. The van der Waals surface area contributed by atoms with E-state index in [0.29, 0.717) is 23.5 Å². The lowest BCUT2D eigenvalue weighted by Crippen LogP contribution is -2.28. The summed E-state index contributed by atoms with van der Waals surface area (Å²) in [4.78, 5) is 11.7. The number of nitrogens with one attached hydrogen (secondary N) is 1. The maximum atomic E-state index is 11.7. The minimum Gasteiger partial charge on any atom is -0.398 e. The van der Waals surface area contributed by atoms with Crippen LogP contribution in [0.3, 0.4) is 0 Å². The Morgan fingerprint density at radius 3 is 2.81 bits per heavy atom. The standard InChI is InChI=1S/C11H16N2O2S/c1-8-3-4-10(12)9(7-8)11(14)13-5-6-16(2)15/h3-4,7H,5-6,12H2,1-2H3,(H,13,14). The van der Waals surface area contributed by atoms with Gasteiger partial charge < -0.3 is 11.1 Å². The van der Waals surface area contributed by atoms with E-state index in [1.807, 2.05) is 13.0 Å². The van der Waals surface area contributed by atoms with Crippen molar-refractivity contribution in [3.8, 4) is 0 Å². The van der Waals surface area contributed by atoms with Crippen molar-refractivity contribution in [2.24, 2.45) is 0 Å². The number of rotatable bonds is 4. The topological polar surface area (TPSA) is 72.2 Å². The Morgan fingerprint density at radius 2 is 2.19 bits per heavy atom. The lowest BCUT2D eigenvalue weighted by atomic mass is 10.1. The van der Waals surface area contributed by atoms with Gasteiger partial charge in [-0.1, -0.05) is 11.6 Å². The number of nitrogen functional groups attached to an aromatic ring is 1. The summed E-state index contributed by atoms with van der Waals surface area (Å²) in [6.07, 6.45) is 1.60. The molecule has 0 saturated carbocycles. The third kappa shape index (κ3) is 3.66. The van der Waals surface area contributed by atoms with Crippen LogP contribution in [-0.2, 0) is 10.8 Å². The van der Waals surface area contributed by atoms with E-state index in [2.05, 4.69) is 5.32 Å². The Bertz CT molecular complexity index is 418. The molecular formula is C11H16N2O2S. The number of amides is 1. The first-order chi connectivity index (χ1) is 7.50. The van der Waals surface area contributed by atoms with Crippen LogP contribution in [0.4, 0.5) is 5.69 Å². The summed E-state index contributed by atoms with van der Waals surface area (Å²) in [5, 5.41) is 2.69. The van der Waals surface area contributed by atoms with Crippen LogP contribution in [0.1, 0.15) is 15.9 Å². The van der Waals surface area contributed by atoms with Crippen molar-refractivity contribution in [2.45, 2.75) is 6.92 Å². The van der Waals surface area contributed by atoms with Gasteiger partial charge in [-0.2, -0.15) is 0 Å². The molecule has 3 N–H and O–H groups in total. The van der Waals surface area contributed by atoms with Gasteiger partial charge in [-0.25, -0.2) is 0 Å². The maximum absolute atomic E-state index is 11.7. The molecule has 0 heterocycles. The lowest BCUT2D eigenvalue weighted by molar-refractivity contribution is 0.0957. The monoisotopic (exact) mass is 240 g/mol. The van der Waals surface area contributed by atoms with Crippen LogP contribution in [0.25, 0.3) is 0 Å². The molecule has 88 valence electrons. The molecular weight excluding hydrogens is 224 g/mol. The summed E-state index contributed by atoms with van der Waals surface area (Å²) < 4.78 is 10.8. The predicted octanol–water partition coefficient (Wildman–Crippen LogP) is 0.686. The molecule has 0 aromatic heterocycles. The van der Waals surface area contributed by atoms with Crippen LogP contribution >= 0.6 is 0 Å².